The van der Waals surface area contributed by atoms with Crippen LogP contribution in [0.25, 0.3) is 0 Å². The molecule has 0 aromatic carbocycles. The molecule has 0 N–H and O–H groups in total. The van der Waals surface area contributed by atoms with Crippen LogP contribution < -0.4 is 0 Å². The molecule has 1 fully saturated rings. The van der Waals surface area contributed by atoms with Crippen LogP contribution in [0.5, 0.6) is 0 Å². The van der Waals surface area contributed by atoms with Gasteiger partial charge in [0.2, 0.25) is 0 Å². The predicted molar refractivity (Wildman–Crippen MR) is 63.1 cm³/mol. The summed E-state index contributed by atoms with van der Waals surface area (Å²) in [4.78, 5) is 11.6. The maximum Gasteiger partial charge on any atom is 0.338 e. The zero-order valence-electron chi connectivity index (χ0n) is 11.1. The Morgan fingerprint density at radius 3 is 2.12 bits per heavy atom. The summed E-state index contributed by atoms with van der Waals surface area (Å²) in [5, 5.41) is 0. The van der Waals surface area contributed by atoms with E-state index in [1.807, 2.05) is 6.92 Å². The lowest BCUT2D eigenvalue weighted by Crippen LogP contribution is -2.26. The number of epoxide rings is 1. The molecular weight excluding hydrogens is 204 g/mol. The van der Waals surface area contributed by atoms with Gasteiger partial charge in [0.25, 0.3) is 0 Å². The van der Waals surface area contributed by atoms with E-state index in [9.17, 15) is 4.79 Å². The molecule has 1 aliphatic rings. The lowest BCUT2D eigenvalue weighted by atomic mass is 9.86. The lowest BCUT2D eigenvalue weighted by molar-refractivity contribution is -0.144. The van der Waals surface area contributed by atoms with Gasteiger partial charge >= 0.3 is 5.97 Å². The summed E-state index contributed by atoms with van der Waals surface area (Å²) < 4.78 is 10.7. The molecule has 1 unspecified atom stereocenters. The van der Waals surface area contributed by atoms with Crippen molar-refractivity contribution >= 4 is 5.97 Å². The Balaban J connectivity index is 2.60. The minimum absolute atomic E-state index is 0.191. The molecule has 0 aliphatic carbocycles. The second-order valence-electron chi connectivity index (χ2n) is 5.51. The maximum absolute atomic E-state index is 11.6. The van der Waals surface area contributed by atoms with Crippen LogP contribution in [-0.2, 0) is 14.3 Å². The van der Waals surface area contributed by atoms with Crippen molar-refractivity contribution in [3.05, 3.63) is 0 Å². The van der Waals surface area contributed by atoms with Crippen molar-refractivity contribution in [3.8, 4) is 0 Å². The van der Waals surface area contributed by atoms with Gasteiger partial charge in [-0.15, -0.1) is 0 Å². The maximum atomic E-state index is 11.6. The average molecular weight is 228 g/mol. The number of carbonyl (C=O) groups excluding carboxylic acids is 1. The highest BCUT2D eigenvalue weighted by Gasteiger charge is 2.61. The van der Waals surface area contributed by atoms with E-state index in [2.05, 4.69) is 27.7 Å². The van der Waals surface area contributed by atoms with Crippen LogP contribution in [0.15, 0.2) is 0 Å². The SMILES string of the molecule is CCOC(=O)C1OC1(CC(C)C)CC(C)C. The first-order valence-corrected chi connectivity index (χ1v) is 6.25. The third kappa shape index (κ3) is 3.21. The van der Waals surface area contributed by atoms with Crippen molar-refractivity contribution in [2.75, 3.05) is 6.61 Å². The molecule has 1 heterocycles. The first kappa shape index (κ1) is 13.5. The van der Waals surface area contributed by atoms with Gasteiger partial charge in [-0.2, -0.15) is 0 Å². The quantitative estimate of drug-likeness (QED) is 0.518. The molecule has 0 amide bonds. The summed E-state index contributed by atoms with van der Waals surface area (Å²) in [7, 11) is 0. The van der Waals surface area contributed by atoms with Gasteiger partial charge in [0.1, 0.15) is 5.60 Å². The number of hydrogen-bond donors (Lipinski definition) is 0. The van der Waals surface area contributed by atoms with Gasteiger partial charge in [-0.25, -0.2) is 4.79 Å². The molecule has 0 aromatic heterocycles. The molecule has 0 bridgehead atoms. The Bertz CT molecular complexity index is 236. The summed E-state index contributed by atoms with van der Waals surface area (Å²) in [6.07, 6.45) is 1.56. The van der Waals surface area contributed by atoms with Crippen molar-refractivity contribution in [2.24, 2.45) is 11.8 Å². The standard InChI is InChI=1S/C13H24O3/c1-6-15-12(14)11-13(16-11,7-9(2)3)8-10(4)5/h9-11H,6-8H2,1-5H3. The minimum Gasteiger partial charge on any atom is -0.464 e. The molecule has 0 aromatic rings. The van der Waals surface area contributed by atoms with Gasteiger partial charge in [-0.05, 0) is 31.6 Å². The second kappa shape index (κ2) is 5.17. The zero-order valence-corrected chi connectivity index (χ0v) is 11.1. The van der Waals surface area contributed by atoms with E-state index in [1.165, 1.54) is 0 Å². The molecule has 0 spiro atoms. The van der Waals surface area contributed by atoms with Gasteiger partial charge in [-0.3, -0.25) is 0 Å². The number of hydrogen-bond acceptors (Lipinski definition) is 3. The van der Waals surface area contributed by atoms with Gasteiger partial charge in [0, 0.05) is 0 Å². The van der Waals surface area contributed by atoms with Crippen LogP contribution in [0, 0.1) is 11.8 Å². The summed E-state index contributed by atoms with van der Waals surface area (Å²) in [6, 6.07) is 0. The lowest BCUT2D eigenvalue weighted by Gasteiger charge is -2.17. The van der Waals surface area contributed by atoms with Crippen LogP contribution in [0.1, 0.15) is 47.5 Å². The van der Waals surface area contributed by atoms with Crippen LogP contribution in [0.4, 0.5) is 0 Å². The van der Waals surface area contributed by atoms with Gasteiger partial charge < -0.3 is 9.47 Å². The topological polar surface area (TPSA) is 38.8 Å². The molecule has 1 saturated heterocycles. The minimum atomic E-state index is -0.322. The smallest absolute Gasteiger partial charge is 0.338 e. The van der Waals surface area contributed by atoms with E-state index in [4.69, 9.17) is 9.47 Å². The van der Waals surface area contributed by atoms with E-state index in [-0.39, 0.29) is 17.7 Å². The van der Waals surface area contributed by atoms with Gasteiger partial charge in [0.05, 0.1) is 6.61 Å². The number of ether oxygens (including phenoxy) is 2. The second-order valence-corrected chi connectivity index (χ2v) is 5.51. The van der Waals surface area contributed by atoms with Crippen molar-refractivity contribution in [1.82, 2.24) is 0 Å². The third-order valence-electron chi connectivity index (χ3n) is 2.78. The van der Waals surface area contributed by atoms with Crippen LogP contribution in [0.2, 0.25) is 0 Å². The van der Waals surface area contributed by atoms with Crippen LogP contribution in [-0.4, -0.2) is 24.3 Å². The first-order chi connectivity index (χ1) is 7.41. The van der Waals surface area contributed by atoms with E-state index < -0.39 is 0 Å². The highest BCUT2D eigenvalue weighted by atomic mass is 16.7. The molecule has 3 heteroatoms. The largest absolute Gasteiger partial charge is 0.464 e. The Morgan fingerprint density at radius 2 is 1.75 bits per heavy atom. The Labute approximate surface area is 98.5 Å². The molecule has 0 saturated carbocycles. The van der Waals surface area contributed by atoms with Crippen LogP contribution in [0.3, 0.4) is 0 Å². The zero-order chi connectivity index (χ0) is 12.3. The van der Waals surface area contributed by atoms with Gasteiger partial charge in [-0.1, -0.05) is 27.7 Å². The fourth-order valence-electron chi connectivity index (χ4n) is 2.46. The molecular formula is C13H24O3. The molecule has 16 heavy (non-hydrogen) atoms. The summed E-state index contributed by atoms with van der Waals surface area (Å²) in [5.41, 5.74) is -0.241. The number of esters is 1. The van der Waals surface area contributed by atoms with E-state index >= 15 is 0 Å². The normalized spacial score (nSPS) is 22.6. The Kier molecular flexibility index (Phi) is 4.36. The van der Waals surface area contributed by atoms with Crippen molar-refractivity contribution in [2.45, 2.75) is 59.2 Å². The summed E-state index contributed by atoms with van der Waals surface area (Å²) in [5.74, 6) is 0.889. The predicted octanol–water partition coefficient (Wildman–Crippen LogP) is 2.78. The highest BCUT2D eigenvalue weighted by molar-refractivity contribution is 5.79. The number of rotatable bonds is 6. The van der Waals surface area contributed by atoms with E-state index in [0.717, 1.165) is 12.8 Å². The third-order valence-corrected chi connectivity index (χ3v) is 2.78. The van der Waals surface area contributed by atoms with E-state index in [1.54, 1.807) is 0 Å². The monoisotopic (exact) mass is 228 g/mol. The molecule has 94 valence electrons. The Hall–Kier alpha value is -0.570. The summed E-state index contributed by atoms with van der Waals surface area (Å²) >= 11 is 0. The molecule has 0 radical (unpaired) electrons. The van der Waals surface area contributed by atoms with E-state index in [0.29, 0.717) is 18.4 Å². The fourth-order valence-corrected chi connectivity index (χ4v) is 2.46. The van der Waals surface area contributed by atoms with Gasteiger partial charge in [0.15, 0.2) is 6.10 Å². The number of carbonyl (C=O) groups is 1. The highest BCUT2D eigenvalue weighted by Crippen LogP contribution is 2.47. The average Bonchev–Trinajstić information content (AvgIpc) is 2.76. The molecule has 1 atom stereocenters. The first-order valence-electron chi connectivity index (χ1n) is 6.25. The molecule has 1 aliphatic heterocycles. The van der Waals surface area contributed by atoms with Crippen LogP contribution >= 0.6 is 0 Å². The summed E-state index contributed by atoms with van der Waals surface area (Å²) in [6.45, 7) is 10.9. The Morgan fingerprint density at radius 1 is 1.25 bits per heavy atom. The fraction of sp³-hybridized carbons (Fsp3) is 0.923. The van der Waals surface area contributed by atoms with Crippen molar-refractivity contribution in [3.63, 3.8) is 0 Å². The molecule has 3 nitrogen and oxygen atoms in total. The van der Waals surface area contributed by atoms with Crippen molar-refractivity contribution in [1.29, 1.82) is 0 Å². The van der Waals surface area contributed by atoms with Crippen molar-refractivity contribution < 1.29 is 14.3 Å². The molecule has 1 rings (SSSR count).